The molecule has 0 radical (unpaired) electrons. The van der Waals surface area contributed by atoms with E-state index in [-0.39, 0.29) is 23.8 Å². The van der Waals surface area contributed by atoms with Gasteiger partial charge in [0.25, 0.3) is 0 Å². The molecule has 146 valence electrons. The summed E-state index contributed by atoms with van der Waals surface area (Å²) in [5.74, 6) is -0.193. The normalized spacial score (nSPS) is 25.6. The predicted molar refractivity (Wildman–Crippen MR) is 104 cm³/mol. The van der Waals surface area contributed by atoms with E-state index in [2.05, 4.69) is 16.0 Å². The first kappa shape index (κ1) is 19.8. The van der Waals surface area contributed by atoms with Gasteiger partial charge in [-0.05, 0) is 30.5 Å². The molecule has 7 nitrogen and oxygen atoms in total. The van der Waals surface area contributed by atoms with Gasteiger partial charge in [0.1, 0.15) is 12.1 Å². The molecule has 0 unspecified atom stereocenters. The van der Waals surface area contributed by atoms with Crippen LogP contribution in [0.1, 0.15) is 26.7 Å². The summed E-state index contributed by atoms with van der Waals surface area (Å²) in [7, 11) is 0. The topological polar surface area (TPSA) is 90.5 Å². The van der Waals surface area contributed by atoms with E-state index in [1.54, 1.807) is 23.1 Å². The van der Waals surface area contributed by atoms with Crippen molar-refractivity contribution in [3.63, 3.8) is 0 Å². The molecule has 0 aliphatic carbocycles. The number of nitrogens with zero attached hydrogens (tertiary/aromatic N) is 1. The quantitative estimate of drug-likeness (QED) is 0.709. The van der Waals surface area contributed by atoms with Gasteiger partial charge in [0, 0.05) is 11.6 Å². The van der Waals surface area contributed by atoms with Gasteiger partial charge in [-0.15, -0.1) is 0 Å². The number of hydrogen-bond acceptors (Lipinski definition) is 3. The molecular formula is C18H22Cl2N4O3. The van der Waals surface area contributed by atoms with Crippen molar-refractivity contribution < 1.29 is 14.4 Å². The Morgan fingerprint density at radius 1 is 1.37 bits per heavy atom. The van der Waals surface area contributed by atoms with Crippen molar-refractivity contribution in [3.8, 4) is 0 Å². The molecule has 0 saturated carbocycles. The Labute approximate surface area is 167 Å². The Hall–Kier alpha value is -1.99. The highest BCUT2D eigenvalue weighted by Gasteiger charge is 2.47. The lowest BCUT2D eigenvalue weighted by Crippen LogP contribution is -2.62. The summed E-state index contributed by atoms with van der Waals surface area (Å²) < 4.78 is 0. The third kappa shape index (κ3) is 4.14. The van der Waals surface area contributed by atoms with Crippen LogP contribution in [0.2, 0.25) is 10.0 Å². The molecule has 2 aliphatic rings. The Morgan fingerprint density at radius 2 is 2.11 bits per heavy atom. The fraction of sp³-hybridized carbons (Fsp3) is 0.500. The maximum Gasteiger partial charge on any atom is 0.319 e. The molecule has 2 saturated heterocycles. The average molecular weight is 413 g/mol. The van der Waals surface area contributed by atoms with Crippen molar-refractivity contribution in [2.45, 2.75) is 44.8 Å². The molecule has 9 heteroatoms. The van der Waals surface area contributed by atoms with Crippen molar-refractivity contribution in [3.05, 3.63) is 28.2 Å². The number of hydrogen-bond donors (Lipinski definition) is 3. The highest BCUT2D eigenvalue weighted by Crippen LogP contribution is 2.27. The summed E-state index contributed by atoms with van der Waals surface area (Å²) in [5.41, 5.74) is 0.392. The molecule has 2 heterocycles. The number of amides is 4. The molecule has 1 aromatic carbocycles. The molecule has 27 heavy (non-hydrogen) atoms. The number of anilines is 1. The number of halogens is 2. The van der Waals surface area contributed by atoms with Gasteiger partial charge in [0.2, 0.25) is 11.8 Å². The van der Waals surface area contributed by atoms with Gasteiger partial charge in [-0.1, -0.05) is 43.5 Å². The number of fused-ring (bicyclic) bond motifs is 1. The molecule has 3 N–H and O–H groups in total. The van der Waals surface area contributed by atoms with Crippen molar-refractivity contribution in [2.24, 2.45) is 5.92 Å². The maximum atomic E-state index is 12.7. The summed E-state index contributed by atoms with van der Waals surface area (Å²) in [4.78, 5) is 39.0. The minimum Gasteiger partial charge on any atom is -0.342 e. The number of nitrogens with one attached hydrogen (secondary N) is 3. The first-order valence-electron chi connectivity index (χ1n) is 8.93. The smallest absolute Gasteiger partial charge is 0.319 e. The second kappa shape index (κ2) is 7.94. The van der Waals surface area contributed by atoms with E-state index < -0.39 is 18.1 Å². The van der Waals surface area contributed by atoms with Gasteiger partial charge in [-0.25, -0.2) is 4.79 Å². The highest BCUT2D eigenvalue weighted by atomic mass is 35.5. The molecule has 4 amide bonds. The maximum absolute atomic E-state index is 12.7. The Balaban J connectivity index is 1.63. The second-order valence-electron chi connectivity index (χ2n) is 7.03. The summed E-state index contributed by atoms with van der Waals surface area (Å²) in [5, 5.41) is 9.09. The first-order chi connectivity index (χ1) is 12.8. The summed E-state index contributed by atoms with van der Waals surface area (Å²) >= 11 is 12.0. The Morgan fingerprint density at radius 3 is 2.81 bits per heavy atom. The van der Waals surface area contributed by atoms with E-state index in [0.717, 1.165) is 6.42 Å². The zero-order valence-corrected chi connectivity index (χ0v) is 16.6. The Kier molecular flexibility index (Phi) is 5.81. The average Bonchev–Trinajstić information content (AvgIpc) is 3.05. The predicted octanol–water partition coefficient (Wildman–Crippen LogP) is 2.63. The monoisotopic (exact) mass is 412 g/mol. The minimum absolute atomic E-state index is 0.0580. The molecule has 0 aromatic heterocycles. The number of piperazine rings is 1. The molecule has 4 atom stereocenters. The van der Waals surface area contributed by atoms with Crippen LogP contribution < -0.4 is 16.0 Å². The van der Waals surface area contributed by atoms with E-state index in [0.29, 0.717) is 28.7 Å². The van der Waals surface area contributed by atoms with E-state index >= 15 is 0 Å². The third-order valence-electron chi connectivity index (χ3n) is 5.18. The fourth-order valence-corrected chi connectivity index (χ4v) is 3.82. The van der Waals surface area contributed by atoms with Crippen LogP contribution in [-0.2, 0) is 9.59 Å². The van der Waals surface area contributed by atoms with Gasteiger partial charge >= 0.3 is 6.03 Å². The molecule has 1 aromatic rings. The first-order valence-corrected chi connectivity index (χ1v) is 9.69. The summed E-state index contributed by atoms with van der Waals surface area (Å²) in [6, 6.07) is 2.94. The molecule has 0 spiro atoms. The highest BCUT2D eigenvalue weighted by molar-refractivity contribution is 6.35. The zero-order valence-electron chi connectivity index (χ0n) is 15.1. The lowest BCUT2D eigenvalue weighted by atomic mass is 9.95. The SMILES string of the molecule is CC[C@H](C)[C@@H]1NC(=O)[C@@H]2C[C@H](NC(=O)Nc3cc(Cl)ccc3Cl)CN2C1=O. The summed E-state index contributed by atoms with van der Waals surface area (Å²) in [6.45, 7) is 4.23. The third-order valence-corrected chi connectivity index (χ3v) is 5.74. The Bertz CT molecular complexity index is 773. The van der Waals surface area contributed by atoms with Crippen LogP contribution in [-0.4, -0.2) is 47.4 Å². The van der Waals surface area contributed by atoms with Gasteiger partial charge in [-0.2, -0.15) is 0 Å². The number of carbonyl (C=O) groups excluding carboxylic acids is 3. The lowest BCUT2D eigenvalue weighted by Gasteiger charge is -2.36. The minimum atomic E-state index is -0.544. The molecule has 0 bridgehead atoms. The molecular weight excluding hydrogens is 391 g/mol. The standard InChI is InChI=1S/C18H22Cl2N4O3/c1-3-9(2)15-17(26)24-8-11(7-14(24)16(25)23-15)21-18(27)22-13-6-10(19)4-5-12(13)20/h4-6,9,11,14-15H,3,7-8H2,1-2H3,(H,23,25)(H2,21,22,27)/t9-,11-,14-,15-/m0/s1. The van der Waals surface area contributed by atoms with Crippen molar-refractivity contribution >= 4 is 46.7 Å². The van der Waals surface area contributed by atoms with Crippen LogP contribution >= 0.6 is 23.2 Å². The van der Waals surface area contributed by atoms with E-state index in [9.17, 15) is 14.4 Å². The van der Waals surface area contributed by atoms with E-state index in [1.807, 2.05) is 13.8 Å². The van der Waals surface area contributed by atoms with Gasteiger partial charge < -0.3 is 20.9 Å². The van der Waals surface area contributed by atoms with Crippen LogP contribution in [0.25, 0.3) is 0 Å². The molecule has 2 fully saturated rings. The summed E-state index contributed by atoms with van der Waals surface area (Å²) in [6.07, 6.45) is 1.17. The van der Waals surface area contributed by atoms with E-state index in [4.69, 9.17) is 23.2 Å². The number of carbonyl (C=O) groups is 3. The van der Waals surface area contributed by atoms with Crippen LogP contribution in [0.3, 0.4) is 0 Å². The number of urea groups is 1. The van der Waals surface area contributed by atoms with E-state index in [1.165, 1.54) is 0 Å². The van der Waals surface area contributed by atoms with Gasteiger partial charge in [-0.3, -0.25) is 9.59 Å². The molecule has 3 rings (SSSR count). The number of rotatable bonds is 4. The van der Waals surface area contributed by atoms with Crippen LogP contribution in [0.5, 0.6) is 0 Å². The second-order valence-corrected chi connectivity index (χ2v) is 7.88. The lowest BCUT2D eigenvalue weighted by molar-refractivity contribution is -0.148. The van der Waals surface area contributed by atoms with Gasteiger partial charge in [0.15, 0.2) is 0 Å². The number of benzene rings is 1. The molecule has 2 aliphatic heterocycles. The fourth-order valence-electron chi connectivity index (χ4n) is 3.48. The van der Waals surface area contributed by atoms with Crippen LogP contribution in [0.15, 0.2) is 18.2 Å². The van der Waals surface area contributed by atoms with Crippen molar-refractivity contribution in [1.29, 1.82) is 0 Å². The van der Waals surface area contributed by atoms with Gasteiger partial charge in [0.05, 0.1) is 16.8 Å². The zero-order chi connectivity index (χ0) is 19.7. The largest absolute Gasteiger partial charge is 0.342 e. The van der Waals surface area contributed by atoms with Crippen LogP contribution in [0.4, 0.5) is 10.5 Å². The van der Waals surface area contributed by atoms with Crippen LogP contribution in [0, 0.1) is 5.92 Å². The van der Waals surface area contributed by atoms with Crippen molar-refractivity contribution in [1.82, 2.24) is 15.5 Å². The van der Waals surface area contributed by atoms with Crippen molar-refractivity contribution in [2.75, 3.05) is 11.9 Å².